The number of ether oxygens (including phenoxy) is 2. The zero-order chi connectivity index (χ0) is 27.1. The predicted molar refractivity (Wildman–Crippen MR) is 126 cm³/mol. The number of hydrogen-bond acceptors (Lipinski definition) is 6. The van der Waals surface area contributed by atoms with Crippen molar-refractivity contribution in [2.24, 2.45) is 0 Å². The average Bonchev–Trinajstić information content (AvgIpc) is 3.25. The van der Waals surface area contributed by atoms with Crippen molar-refractivity contribution in [3.63, 3.8) is 0 Å². The third-order valence-electron chi connectivity index (χ3n) is 5.95. The Balaban J connectivity index is 1.85. The molecule has 0 unspecified atom stereocenters. The number of methoxy groups -OCH3 is 1. The maximum atomic E-state index is 14.7. The van der Waals surface area contributed by atoms with Gasteiger partial charge in [0.15, 0.2) is 5.82 Å². The standard InChI is InChI=1S/C25H26F4N4O4/c1-14-5-6-18-20(33(14)23(34)36-4)8-7-17(15-10-31-32(12-15)13-24(2,3)35)21(18)37-22-19(26)9-16(11-30-22)25(27,28)29/h7-12,14,35H,5-6,13H2,1-4H3/t14-/m0/s1. The summed E-state index contributed by atoms with van der Waals surface area (Å²) in [6.45, 7) is 5.30. The summed E-state index contributed by atoms with van der Waals surface area (Å²) in [6, 6.07) is 3.47. The van der Waals surface area contributed by atoms with Crippen molar-refractivity contribution in [3.05, 3.63) is 53.7 Å². The highest BCUT2D eigenvalue weighted by Gasteiger charge is 2.34. The number of aromatic nitrogens is 3. The molecule has 1 N–H and O–H groups in total. The van der Waals surface area contributed by atoms with Crippen molar-refractivity contribution in [2.75, 3.05) is 12.0 Å². The maximum absolute atomic E-state index is 14.7. The van der Waals surface area contributed by atoms with Crippen LogP contribution in [0.2, 0.25) is 0 Å². The molecule has 1 aliphatic heterocycles. The molecule has 0 aliphatic carbocycles. The molecule has 1 amide bonds. The first-order valence-electron chi connectivity index (χ1n) is 11.5. The number of nitrogens with zero attached hydrogens (tertiary/aromatic N) is 4. The number of hydrogen-bond donors (Lipinski definition) is 1. The number of pyridine rings is 1. The van der Waals surface area contributed by atoms with Crippen molar-refractivity contribution in [1.82, 2.24) is 14.8 Å². The Morgan fingerprint density at radius 1 is 1.24 bits per heavy atom. The average molecular weight is 522 g/mol. The van der Waals surface area contributed by atoms with Crippen LogP contribution in [0.1, 0.15) is 38.3 Å². The molecular weight excluding hydrogens is 496 g/mol. The molecule has 0 saturated carbocycles. The molecule has 1 aromatic carbocycles. The number of amides is 1. The molecule has 1 atom stereocenters. The Labute approximate surface area is 210 Å². The summed E-state index contributed by atoms with van der Waals surface area (Å²) >= 11 is 0. The van der Waals surface area contributed by atoms with E-state index in [1.807, 2.05) is 6.92 Å². The van der Waals surface area contributed by atoms with E-state index >= 15 is 0 Å². The molecule has 4 rings (SSSR count). The van der Waals surface area contributed by atoms with E-state index in [-0.39, 0.29) is 18.3 Å². The number of halogens is 4. The number of alkyl halides is 3. The van der Waals surface area contributed by atoms with Gasteiger partial charge in [0.05, 0.1) is 36.7 Å². The van der Waals surface area contributed by atoms with Crippen LogP contribution in [0, 0.1) is 5.82 Å². The molecule has 0 bridgehead atoms. The Kier molecular flexibility index (Phi) is 6.89. The summed E-state index contributed by atoms with van der Waals surface area (Å²) in [5.74, 6) is -1.80. The molecule has 0 saturated heterocycles. The topological polar surface area (TPSA) is 89.7 Å². The highest BCUT2D eigenvalue weighted by molar-refractivity contribution is 5.92. The molecule has 0 radical (unpaired) electrons. The third-order valence-corrected chi connectivity index (χ3v) is 5.95. The van der Waals surface area contributed by atoms with E-state index in [1.54, 1.807) is 32.2 Å². The van der Waals surface area contributed by atoms with E-state index in [4.69, 9.17) is 9.47 Å². The molecule has 2 aromatic heterocycles. The molecule has 12 heteroatoms. The fourth-order valence-corrected chi connectivity index (χ4v) is 4.26. The van der Waals surface area contributed by atoms with E-state index in [1.165, 1.54) is 22.9 Å². The largest absolute Gasteiger partial charge is 0.452 e. The first kappa shape index (κ1) is 26.4. The second-order valence-corrected chi connectivity index (χ2v) is 9.52. The van der Waals surface area contributed by atoms with Crippen LogP contribution < -0.4 is 9.64 Å². The molecule has 0 spiro atoms. The number of rotatable bonds is 5. The lowest BCUT2D eigenvalue weighted by atomic mass is 9.92. The Bertz CT molecular complexity index is 1320. The summed E-state index contributed by atoms with van der Waals surface area (Å²) in [5.41, 5.74) is -0.258. The van der Waals surface area contributed by atoms with Gasteiger partial charge in [-0.05, 0) is 51.8 Å². The second-order valence-electron chi connectivity index (χ2n) is 9.52. The molecule has 1 aliphatic rings. The Morgan fingerprint density at radius 3 is 2.59 bits per heavy atom. The lowest BCUT2D eigenvalue weighted by Gasteiger charge is -2.35. The van der Waals surface area contributed by atoms with E-state index < -0.39 is 35.1 Å². The van der Waals surface area contributed by atoms with Gasteiger partial charge in [-0.15, -0.1) is 0 Å². The maximum Gasteiger partial charge on any atom is 0.417 e. The van der Waals surface area contributed by atoms with Gasteiger partial charge in [0.1, 0.15) is 5.75 Å². The lowest BCUT2D eigenvalue weighted by Crippen LogP contribution is -2.42. The highest BCUT2D eigenvalue weighted by Crippen LogP contribution is 2.45. The van der Waals surface area contributed by atoms with Crippen molar-refractivity contribution >= 4 is 11.8 Å². The normalized spacial score (nSPS) is 15.9. The summed E-state index contributed by atoms with van der Waals surface area (Å²) in [6.07, 6.45) is -0.708. The minimum absolute atomic E-state index is 0.132. The van der Waals surface area contributed by atoms with Crippen LogP contribution in [0.5, 0.6) is 11.6 Å². The minimum atomic E-state index is -4.77. The summed E-state index contributed by atoms with van der Waals surface area (Å²) in [7, 11) is 1.26. The van der Waals surface area contributed by atoms with Gasteiger partial charge >= 0.3 is 12.3 Å². The van der Waals surface area contributed by atoms with Gasteiger partial charge in [-0.25, -0.2) is 14.2 Å². The van der Waals surface area contributed by atoms with E-state index in [0.717, 1.165) is 0 Å². The number of aliphatic hydroxyl groups is 1. The molecule has 3 aromatic rings. The molecule has 0 fully saturated rings. The van der Waals surface area contributed by atoms with E-state index in [2.05, 4.69) is 10.1 Å². The van der Waals surface area contributed by atoms with Crippen molar-refractivity contribution in [3.8, 4) is 22.8 Å². The van der Waals surface area contributed by atoms with Crippen LogP contribution in [0.15, 0.2) is 36.8 Å². The molecular formula is C25H26F4N4O4. The number of benzene rings is 1. The molecule has 3 heterocycles. The van der Waals surface area contributed by atoms with Crippen molar-refractivity contribution in [2.45, 2.75) is 58.0 Å². The number of carbonyl (C=O) groups is 1. The summed E-state index contributed by atoms with van der Waals surface area (Å²) < 4.78 is 66.1. The zero-order valence-electron chi connectivity index (χ0n) is 20.6. The third kappa shape index (κ3) is 5.53. The van der Waals surface area contributed by atoms with Crippen LogP contribution in [0.3, 0.4) is 0 Å². The smallest absolute Gasteiger partial charge is 0.417 e. The van der Waals surface area contributed by atoms with Crippen molar-refractivity contribution in [1.29, 1.82) is 0 Å². The molecule has 198 valence electrons. The second kappa shape index (κ2) is 9.66. The highest BCUT2D eigenvalue weighted by atomic mass is 19.4. The zero-order valence-corrected chi connectivity index (χ0v) is 20.6. The van der Waals surface area contributed by atoms with Gasteiger partial charge in [0.25, 0.3) is 5.88 Å². The fraction of sp³-hybridized carbons (Fsp3) is 0.400. The predicted octanol–water partition coefficient (Wildman–Crippen LogP) is 5.57. The van der Waals surface area contributed by atoms with Gasteiger partial charge in [-0.1, -0.05) is 0 Å². The van der Waals surface area contributed by atoms with Crippen LogP contribution in [0.25, 0.3) is 11.1 Å². The van der Waals surface area contributed by atoms with Crippen molar-refractivity contribution < 1.29 is 36.9 Å². The Morgan fingerprint density at radius 2 is 1.97 bits per heavy atom. The van der Waals surface area contributed by atoms with Gasteiger partial charge < -0.3 is 14.6 Å². The van der Waals surface area contributed by atoms with Gasteiger partial charge in [-0.3, -0.25) is 9.58 Å². The van der Waals surface area contributed by atoms with Crippen LogP contribution in [-0.4, -0.2) is 44.7 Å². The van der Waals surface area contributed by atoms with Gasteiger partial charge in [-0.2, -0.15) is 18.3 Å². The van der Waals surface area contributed by atoms with Crippen LogP contribution in [0.4, 0.5) is 28.0 Å². The summed E-state index contributed by atoms with van der Waals surface area (Å²) in [5, 5.41) is 14.4. The van der Waals surface area contributed by atoms with Gasteiger partial charge in [0.2, 0.25) is 0 Å². The van der Waals surface area contributed by atoms with Crippen LogP contribution >= 0.6 is 0 Å². The quantitative estimate of drug-likeness (QED) is 0.441. The number of fused-ring (bicyclic) bond motifs is 1. The van der Waals surface area contributed by atoms with E-state index in [0.29, 0.717) is 47.5 Å². The van der Waals surface area contributed by atoms with Crippen LogP contribution in [-0.2, 0) is 23.9 Å². The molecule has 37 heavy (non-hydrogen) atoms. The van der Waals surface area contributed by atoms with Gasteiger partial charge in [0, 0.05) is 35.1 Å². The minimum Gasteiger partial charge on any atom is -0.452 e. The Hall–Kier alpha value is -3.67. The van der Waals surface area contributed by atoms with E-state index in [9.17, 15) is 27.5 Å². The first-order chi connectivity index (χ1) is 17.3. The summed E-state index contributed by atoms with van der Waals surface area (Å²) in [4.78, 5) is 17.6. The lowest BCUT2D eigenvalue weighted by molar-refractivity contribution is -0.138. The fourth-order valence-electron chi connectivity index (χ4n) is 4.26. The number of anilines is 1. The monoisotopic (exact) mass is 522 g/mol. The SMILES string of the molecule is COC(=O)N1c2ccc(-c3cnn(CC(C)(C)O)c3)c(Oc3ncc(C(F)(F)F)cc3F)c2CC[C@@H]1C. The number of carbonyl (C=O) groups excluding carboxylic acids is 1. The first-order valence-corrected chi connectivity index (χ1v) is 11.5. The molecule has 8 nitrogen and oxygen atoms in total.